The Balaban J connectivity index is 1.21. The highest BCUT2D eigenvalue weighted by molar-refractivity contribution is 5.94. The lowest BCUT2D eigenvalue weighted by atomic mass is 10.1. The largest absolute Gasteiger partial charge is 0.494 e. The lowest BCUT2D eigenvalue weighted by Gasteiger charge is -2.30. The van der Waals surface area contributed by atoms with Crippen molar-refractivity contribution in [3.8, 4) is 11.4 Å². The van der Waals surface area contributed by atoms with Crippen molar-refractivity contribution in [2.45, 2.75) is 31.7 Å². The van der Waals surface area contributed by atoms with Crippen LogP contribution in [0.25, 0.3) is 16.6 Å². The summed E-state index contributed by atoms with van der Waals surface area (Å²) < 4.78 is 7.71. The number of rotatable bonds is 10. The van der Waals surface area contributed by atoms with E-state index in [-0.39, 0.29) is 11.9 Å². The Bertz CT molecular complexity index is 1470. The predicted molar refractivity (Wildman–Crippen MR) is 166 cm³/mol. The molecule has 2 aliphatic rings. The topological polar surface area (TPSA) is 78.8 Å². The van der Waals surface area contributed by atoms with Gasteiger partial charge in [0, 0.05) is 63.5 Å². The highest BCUT2D eigenvalue weighted by Crippen LogP contribution is 2.36. The van der Waals surface area contributed by atoms with E-state index in [1.165, 1.54) is 12.8 Å². The van der Waals surface area contributed by atoms with E-state index in [2.05, 4.69) is 38.2 Å². The van der Waals surface area contributed by atoms with Gasteiger partial charge in [0.05, 0.1) is 30.0 Å². The standard InChI is InChI=1S/C33H41N7O2/c1-42-30-13-12-26-9-7-15-35-32(26)33(30)39-20-8-19-38(23-24-39)29(25-31(41)34-16-22-37-17-5-6-18-37)28-14-21-40(36-28)27-10-3-2-4-11-27/h2-4,7,9-15,21,29H,5-6,8,16-20,22-25H2,1H3,(H,34,41). The van der Waals surface area contributed by atoms with Crippen molar-refractivity contribution in [3.63, 3.8) is 0 Å². The zero-order chi connectivity index (χ0) is 28.7. The molecule has 1 unspecified atom stereocenters. The zero-order valence-corrected chi connectivity index (χ0v) is 24.5. The Morgan fingerprint density at radius 2 is 1.79 bits per heavy atom. The normalized spacial score (nSPS) is 17.3. The molecular weight excluding hydrogens is 526 g/mol. The minimum Gasteiger partial charge on any atom is -0.494 e. The van der Waals surface area contributed by atoms with Crippen LogP contribution in [-0.2, 0) is 4.79 Å². The summed E-state index contributed by atoms with van der Waals surface area (Å²) in [4.78, 5) is 25.3. The molecule has 220 valence electrons. The summed E-state index contributed by atoms with van der Waals surface area (Å²) in [6.45, 7) is 7.24. The van der Waals surface area contributed by atoms with Crippen molar-refractivity contribution in [2.75, 3.05) is 64.4 Å². The molecule has 9 nitrogen and oxygen atoms in total. The first-order valence-electron chi connectivity index (χ1n) is 15.2. The van der Waals surface area contributed by atoms with E-state index in [0.717, 1.165) is 86.0 Å². The summed E-state index contributed by atoms with van der Waals surface area (Å²) in [5.74, 6) is 0.916. The van der Waals surface area contributed by atoms with Crippen LogP contribution < -0.4 is 15.0 Å². The number of likely N-dealkylation sites (tertiary alicyclic amines) is 1. The molecule has 1 atom stereocenters. The van der Waals surface area contributed by atoms with Crippen molar-refractivity contribution in [1.82, 2.24) is 29.9 Å². The Labute approximate surface area is 248 Å². The average Bonchev–Trinajstić information content (AvgIpc) is 3.68. The molecule has 2 saturated heterocycles. The molecule has 4 aromatic rings. The highest BCUT2D eigenvalue weighted by atomic mass is 16.5. The van der Waals surface area contributed by atoms with Crippen LogP contribution in [0, 0.1) is 0 Å². The molecule has 0 saturated carbocycles. The quantitative estimate of drug-likeness (QED) is 0.306. The summed E-state index contributed by atoms with van der Waals surface area (Å²) in [6, 6.07) is 20.2. The monoisotopic (exact) mass is 567 g/mol. The summed E-state index contributed by atoms with van der Waals surface area (Å²) >= 11 is 0. The summed E-state index contributed by atoms with van der Waals surface area (Å²) in [5.41, 5.74) is 3.93. The molecule has 2 aromatic heterocycles. The van der Waals surface area contributed by atoms with Gasteiger partial charge in [0.15, 0.2) is 0 Å². The Hall–Kier alpha value is -3.95. The molecule has 4 heterocycles. The van der Waals surface area contributed by atoms with Gasteiger partial charge in [-0.15, -0.1) is 0 Å². The molecule has 2 fully saturated rings. The first-order valence-corrected chi connectivity index (χ1v) is 15.2. The van der Waals surface area contributed by atoms with Gasteiger partial charge in [0.25, 0.3) is 0 Å². The number of fused-ring (bicyclic) bond motifs is 1. The van der Waals surface area contributed by atoms with Crippen LogP contribution in [0.2, 0.25) is 0 Å². The van der Waals surface area contributed by atoms with E-state index in [4.69, 9.17) is 14.8 Å². The van der Waals surface area contributed by atoms with Crippen LogP contribution in [0.15, 0.2) is 73.1 Å². The van der Waals surface area contributed by atoms with Crippen LogP contribution >= 0.6 is 0 Å². The number of methoxy groups -OCH3 is 1. The molecular formula is C33H41N7O2. The number of pyridine rings is 1. The summed E-state index contributed by atoms with van der Waals surface area (Å²) in [7, 11) is 1.72. The Kier molecular flexibility index (Phi) is 8.96. The fraction of sp³-hybridized carbons (Fsp3) is 0.424. The maximum absolute atomic E-state index is 13.3. The molecule has 2 aliphatic heterocycles. The average molecular weight is 568 g/mol. The van der Waals surface area contributed by atoms with Gasteiger partial charge in [0.2, 0.25) is 5.91 Å². The molecule has 0 bridgehead atoms. The lowest BCUT2D eigenvalue weighted by Crippen LogP contribution is -2.38. The number of carbonyl (C=O) groups is 1. The highest BCUT2D eigenvalue weighted by Gasteiger charge is 2.29. The van der Waals surface area contributed by atoms with Gasteiger partial charge in [-0.3, -0.25) is 14.7 Å². The van der Waals surface area contributed by atoms with Crippen molar-refractivity contribution in [3.05, 3.63) is 78.8 Å². The number of aromatic nitrogens is 3. The number of hydrogen-bond acceptors (Lipinski definition) is 7. The third-order valence-corrected chi connectivity index (χ3v) is 8.52. The second-order valence-electron chi connectivity index (χ2n) is 11.2. The maximum atomic E-state index is 13.3. The van der Waals surface area contributed by atoms with Crippen molar-refractivity contribution in [1.29, 1.82) is 0 Å². The minimum atomic E-state index is -0.116. The van der Waals surface area contributed by atoms with Crippen molar-refractivity contribution in [2.24, 2.45) is 0 Å². The van der Waals surface area contributed by atoms with Crippen LogP contribution in [-0.4, -0.2) is 89.9 Å². The number of anilines is 1. The number of nitrogens with one attached hydrogen (secondary N) is 1. The van der Waals surface area contributed by atoms with Crippen LogP contribution in [0.3, 0.4) is 0 Å². The van der Waals surface area contributed by atoms with E-state index in [1.54, 1.807) is 7.11 Å². The fourth-order valence-electron chi connectivity index (χ4n) is 6.32. The molecule has 2 aromatic carbocycles. The second kappa shape index (κ2) is 13.4. The molecule has 1 N–H and O–H groups in total. The Morgan fingerprint density at radius 1 is 0.929 bits per heavy atom. The number of nitrogens with zero attached hydrogens (tertiary/aromatic N) is 6. The second-order valence-corrected chi connectivity index (χ2v) is 11.2. The molecule has 42 heavy (non-hydrogen) atoms. The van der Waals surface area contributed by atoms with E-state index >= 15 is 0 Å². The molecule has 6 rings (SSSR count). The number of amides is 1. The van der Waals surface area contributed by atoms with E-state index in [9.17, 15) is 4.79 Å². The first-order chi connectivity index (χ1) is 20.7. The molecule has 1 amide bonds. The first kappa shape index (κ1) is 28.2. The number of ether oxygens (including phenoxy) is 1. The van der Waals surface area contributed by atoms with Gasteiger partial charge in [-0.2, -0.15) is 5.10 Å². The van der Waals surface area contributed by atoms with Gasteiger partial charge in [-0.25, -0.2) is 4.68 Å². The van der Waals surface area contributed by atoms with Crippen LogP contribution in [0.5, 0.6) is 5.75 Å². The van der Waals surface area contributed by atoms with Crippen LogP contribution in [0.4, 0.5) is 5.69 Å². The molecule has 9 heteroatoms. The smallest absolute Gasteiger partial charge is 0.222 e. The third-order valence-electron chi connectivity index (χ3n) is 8.52. The summed E-state index contributed by atoms with van der Waals surface area (Å²) in [5, 5.41) is 9.27. The maximum Gasteiger partial charge on any atom is 0.222 e. The fourth-order valence-corrected chi connectivity index (χ4v) is 6.32. The minimum absolute atomic E-state index is 0.0782. The number of carbonyl (C=O) groups excluding carboxylic acids is 1. The molecule has 0 spiro atoms. The molecule has 0 radical (unpaired) electrons. The van der Waals surface area contributed by atoms with E-state index < -0.39 is 0 Å². The van der Waals surface area contributed by atoms with Gasteiger partial charge in [0.1, 0.15) is 11.4 Å². The van der Waals surface area contributed by atoms with Crippen LogP contribution in [0.1, 0.15) is 37.4 Å². The zero-order valence-electron chi connectivity index (χ0n) is 24.5. The van der Waals surface area contributed by atoms with E-state index in [0.29, 0.717) is 13.0 Å². The number of para-hydroxylation sites is 1. The number of hydrogen-bond donors (Lipinski definition) is 1. The number of benzene rings is 2. The predicted octanol–water partition coefficient (Wildman–Crippen LogP) is 4.28. The molecule has 0 aliphatic carbocycles. The SMILES string of the molecule is COc1ccc2cccnc2c1N1CCCN(C(CC(=O)NCCN2CCCC2)c2ccn(-c3ccccc3)n2)CC1. The van der Waals surface area contributed by atoms with Gasteiger partial charge in [-0.05, 0) is 68.8 Å². The van der Waals surface area contributed by atoms with Gasteiger partial charge in [-0.1, -0.05) is 24.3 Å². The van der Waals surface area contributed by atoms with Gasteiger partial charge < -0.3 is 19.9 Å². The lowest BCUT2D eigenvalue weighted by molar-refractivity contribution is -0.122. The van der Waals surface area contributed by atoms with Gasteiger partial charge >= 0.3 is 0 Å². The van der Waals surface area contributed by atoms with E-state index in [1.807, 2.05) is 59.5 Å². The van der Waals surface area contributed by atoms with Crippen molar-refractivity contribution >= 4 is 22.5 Å². The summed E-state index contributed by atoms with van der Waals surface area (Å²) in [6.07, 6.45) is 7.69. The Morgan fingerprint density at radius 3 is 2.62 bits per heavy atom. The van der Waals surface area contributed by atoms with Crippen molar-refractivity contribution < 1.29 is 9.53 Å². The third kappa shape index (κ3) is 6.42.